The first kappa shape index (κ1) is 13.8. The third-order valence-electron chi connectivity index (χ3n) is 2.63. The Kier molecular flexibility index (Phi) is 4.02. The molecule has 0 saturated carbocycles. The third kappa shape index (κ3) is 2.85. The number of carbonyl (C=O) groups is 1. The smallest absolute Gasteiger partial charge is 0.338 e. The number of methoxy groups -OCH3 is 1. The minimum Gasteiger partial charge on any atom is -0.465 e. The summed E-state index contributed by atoms with van der Waals surface area (Å²) in [6, 6.07) is 5.28. The molecule has 0 bridgehead atoms. The van der Waals surface area contributed by atoms with E-state index in [0.29, 0.717) is 21.8 Å². The van der Waals surface area contributed by atoms with Gasteiger partial charge in [-0.1, -0.05) is 23.7 Å². The topological polar surface area (TPSA) is 52.1 Å². The average Bonchev–Trinajstić information content (AvgIpc) is 2.41. The van der Waals surface area contributed by atoms with Crippen LogP contribution < -0.4 is 0 Å². The highest BCUT2D eigenvalue weighted by molar-refractivity contribution is 6.33. The van der Waals surface area contributed by atoms with Crippen LogP contribution in [0.25, 0.3) is 11.3 Å². The Bertz CT molecular complexity index is 645. The van der Waals surface area contributed by atoms with Gasteiger partial charge in [0.1, 0.15) is 0 Å². The maximum absolute atomic E-state index is 11.7. The number of aromatic nitrogens is 2. The van der Waals surface area contributed by atoms with Crippen molar-refractivity contribution in [1.82, 2.24) is 9.97 Å². The Morgan fingerprint density at radius 3 is 2.74 bits per heavy atom. The molecule has 1 heterocycles. The highest BCUT2D eigenvalue weighted by Crippen LogP contribution is 2.28. The lowest BCUT2D eigenvalue weighted by Gasteiger charge is -2.08. The van der Waals surface area contributed by atoms with E-state index in [4.69, 9.17) is 27.9 Å². The van der Waals surface area contributed by atoms with E-state index in [-0.39, 0.29) is 5.28 Å². The van der Waals surface area contributed by atoms with E-state index in [1.807, 2.05) is 13.0 Å². The van der Waals surface area contributed by atoms with E-state index < -0.39 is 5.97 Å². The van der Waals surface area contributed by atoms with Crippen LogP contribution in [0.15, 0.2) is 24.4 Å². The molecule has 1 aromatic heterocycles. The quantitative estimate of drug-likeness (QED) is 0.628. The minimum absolute atomic E-state index is 0.0968. The van der Waals surface area contributed by atoms with Gasteiger partial charge in [-0.05, 0) is 30.2 Å². The first-order chi connectivity index (χ1) is 9.02. The van der Waals surface area contributed by atoms with Gasteiger partial charge in [0, 0.05) is 5.56 Å². The first-order valence-electron chi connectivity index (χ1n) is 5.40. The van der Waals surface area contributed by atoms with Crippen LogP contribution >= 0.6 is 23.2 Å². The average molecular weight is 297 g/mol. The molecule has 0 spiro atoms. The second-order valence-electron chi connectivity index (χ2n) is 3.86. The molecule has 0 unspecified atom stereocenters. The first-order valence-corrected chi connectivity index (χ1v) is 6.16. The Morgan fingerprint density at radius 2 is 2.05 bits per heavy atom. The summed E-state index contributed by atoms with van der Waals surface area (Å²) in [6.45, 7) is 1.82. The van der Waals surface area contributed by atoms with Crippen molar-refractivity contribution in [2.75, 3.05) is 7.11 Å². The molecule has 0 atom stereocenters. The highest BCUT2D eigenvalue weighted by atomic mass is 35.5. The summed E-state index contributed by atoms with van der Waals surface area (Å²) >= 11 is 11.8. The van der Waals surface area contributed by atoms with Crippen molar-refractivity contribution in [3.63, 3.8) is 0 Å². The van der Waals surface area contributed by atoms with Crippen LogP contribution in [0.5, 0.6) is 0 Å². The van der Waals surface area contributed by atoms with Gasteiger partial charge in [0.15, 0.2) is 0 Å². The monoisotopic (exact) mass is 296 g/mol. The summed E-state index contributed by atoms with van der Waals surface area (Å²) in [7, 11) is 1.34. The number of hydrogen-bond acceptors (Lipinski definition) is 4. The van der Waals surface area contributed by atoms with Gasteiger partial charge in [0.05, 0.1) is 29.6 Å². The number of rotatable bonds is 2. The number of carbonyl (C=O) groups excluding carboxylic acids is 1. The van der Waals surface area contributed by atoms with Crippen molar-refractivity contribution in [1.29, 1.82) is 0 Å². The van der Waals surface area contributed by atoms with Gasteiger partial charge >= 0.3 is 5.97 Å². The molecular formula is C13H10Cl2N2O2. The standard InChI is InChI=1S/C13H10Cl2N2O2/c1-7-3-4-8(5-9(7)12(18)19-2)11-10(14)6-16-13(15)17-11/h3-6H,1-2H3. The SMILES string of the molecule is COC(=O)c1cc(-c2nc(Cl)ncc2Cl)ccc1C. The third-order valence-corrected chi connectivity index (χ3v) is 3.09. The zero-order valence-electron chi connectivity index (χ0n) is 10.3. The van der Waals surface area contributed by atoms with Gasteiger partial charge < -0.3 is 4.74 Å². The van der Waals surface area contributed by atoms with Crippen molar-refractivity contribution in [2.45, 2.75) is 6.92 Å². The molecule has 19 heavy (non-hydrogen) atoms. The normalized spacial score (nSPS) is 10.3. The summed E-state index contributed by atoms with van der Waals surface area (Å²) in [5.74, 6) is -0.407. The Labute approximate surface area is 120 Å². The van der Waals surface area contributed by atoms with Gasteiger partial charge in [-0.2, -0.15) is 0 Å². The van der Waals surface area contributed by atoms with Crippen LogP contribution in [0.1, 0.15) is 15.9 Å². The fourth-order valence-corrected chi connectivity index (χ4v) is 1.98. The second-order valence-corrected chi connectivity index (χ2v) is 4.60. The number of esters is 1. The molecule has 0 amide bonds. The number of nitrogens with zero attached hydrogens (tertiary/aromatic N) is 2. The summed E-state index contributed by atoms with van der Waals surface area (Å²) < 4.78 is 4.73. The summed E-state index contributed by atoms with van der Waals surface area (Å²) in [5, 5.41) is 0.462. The maximum atomic E-state index is 11.7. The molecule has 1 aromatic carbocycles. The highest BCUT2D eigenvalue weighted by Gasteiger charge is 2.13. The Morgan fingerprint density at radius 1 is 1.32 bits per heavy atom. The van der Waals surface area contributed by atoms with Crippen LogP contribution in [-0.2, 0) is 4.74 Å². The second kappa shape index (κ2) is 5.55. The molecule has 6 heteroatoms. The van der Waals surface area contributed by atoms with E-state index in [0.717, 1.165) is 5.56 Å². The van der Waals surface area contributed by atoms with Crippen LogP contribution in [-0.4, -0.2) is 23.0 Å². The number of halogens is 2. The number of aryl methyl sites for hydroxylation is 1. The lowest BCUT2D eigenvalue weighted by molar-refractivity contribution is 0.0600. The van der Waals surface area contributed by atoms with Crippen molar-refractivity contribution in [2.24, 2.45) is 0 Å². The van der Waals surface area contributed by atoms with Gasteiger partial charge in [0.25, 0.3) is 0 Å². The van der Waals surface area contributed by atoms with Crippen molar-refractivity contribution < 1.29 is 9.53 Å². The van der Waals surface area contributed by atoms with E-state index >= 15 is 0 Å². The molecule has 0 aliphatic rings. The predicted octanol–water partition coefficient (Wildman–Crippen LogP) is 3.55. The molecule has 0 radical (unpaired) electrons. The summed E-state index contributed by atoms with van der Waals surface area (Å²) in [6.07, 6.45) is 1.42. The summed E-state index contributed by atoms with van der Waals surface area (Å²) in [4.78, 5) is 19.5. The fourth-order valence-electron chi connectivity index (χ4n) is 1.65. The predicted molar refractivity (Wildman–Crippen MR) is 73.6 cm³/mol. The van der Waals surface area contributed by atoms with Crippen LogP contribution in [0.4, 0.5) is 0 Å². The van der Waals surface area contributed by atoms with Gasteiger partial charge in [-0.25, -0.2) is 14.8 Å². The zero-order chi connectivity index (χ0) is 14.0. The lowest BCUT2D eigenvalue weighted by Crippen LogP contribution is -2.04. The van der Waals surface area contributed by atoms with Gasteiger partial charge in [-0.3, -0.25) is 0 Å². The fraction of sp³-hybridized carbons (Fsp3) is 0.154. The molecule has 4 nitrogen and oxygen atoms in total. The number of hydrogen-bond donors (Lipinski definition) is 0. The van der Waals surface area contributed by atoms with E-state index in [2.05, 4.69) is 9.97 Å². The molecule has 0 N–H and O–H groups in total. The van der Waals surface area contributed by atoms with Gasteiger partial charge in [-0.15, -0.1) is 0 Å². The Hall–Kier alpha value is -1.65. The van der Waals surface area contributed by atoms with E-state index in [9.17, 15) is 4.79 Å². The van der Waals surface area contributed by atoms with Crippen LogP contribution in [0.3, 0.4) is 0 Å². The van der Waals surface area contributed by atoms with Crippen molar-refractivity contribution in [3.05, 3.63) is 45.8 Å². The molecule has 2 aromatic rings. The summed E-state index contributed by atoms with van der Waals surface area (Å²) in [5.41, 5.74) is 2.43. The molecule has 0 fully saturated rings. The molecular weight excluding hydrogens is 287 g/mol. The number of benzene rings is 1. The van der Waals surface area contributed by atoms with E-state index in [1.165, 1.54) is 13.3 Å². The molecule has 98 valence electrons. The molecule has 2 rings (SSSR count). The largest absolute Gasteiger partial charge is 0.465 e. The van der Waals surface area contributed by atoms with Crippen LogP contribution in [0.2, 0.25) is 10.3 Å². The molecule has 0 saturated heterocycles. The zero-order valence-corrected chi connectivity index (χ0v) is 11.8. The van der Waals surface area contributed by atoms with Crippen molar-refractivity contribution in [3.8, 4) is 11.3 Å². The maximum Gasteiger partial charge on any atom is 0.338 e. The van der Waals surface area contributed by atoms with E-state index in [1.54, 1.807) is 12.1 Å². The van der Waals surface area contributed by atoms with Crippen LogP contribution in [0, 0.1) is 6.92 Å². The molecule has 0 aliphatic carbocycles. The minimum atomic E-state index is -0.407. The Balaban J connectivity index is 2.57. The lowest BCUT2D eigenvalue weighted by atomic mass is 10.0. The number of ether oxygens (including phenoxy) is 1. The van der Waals surface area contributed by atoms with Gasteiger partial charge in [0.2, 0.25) is 5.28 Å². The molecule has 0 aliphatic heterocycles. The van der Waals surface area contributed by atoms with Crippen molar-refractivity contribution >= 4 is 29.2 Å².